The molecule has 0 spiro atoms. The number of hydrogen-bond donors (Lipinski definition) is 3. The van der Waals surface area contributed by atoms with E-state index < -0.39 is 0 Å². The summed E-state index contributed by atoms with van der Waals surface area (Å²) < 4.78 is 5.17. The molecule has 4 N–H and O–H groups in total. The molecule has 2 rings (SSSR count). The standard InChI is InChI=1S/C16H23N3O3.ClH/c1-10(20)18-14-7-6-13(22-2)9-15(14)19-16(21)11-4-3-5-12(17)8-11;/h6-7,9,11-12H,3-5,8,17H2,1-2H3,(H,18,20)(H,19,21);1H. The number of hydrogen-bond acceptors (Lipinski definition) is 4. The van der Waals surface area contributed by atoms with Gasteiger partial charge in [0.2, 0.25) is 11.8 Å². The van der Waals surface area contributed by atoms with E-state index in [4.69, 9.17) is 10.5 Å². The Labute approximate surface area is 142 Å². The second kappa shape index (κ2) is 8.74. The van der Waals surface area contributed by atoms with Gasteiger partial charge in [-0.3, -0.25) is 9.59 Å². The smallest absolute Gasteiger partial charge is 0.227 e. The molecule has 0 heterocycles. The first kappa shape index (κ1) is 19.3. The molecule has 0 saturated heterocycles. The minimum absolute atomic E-state index is 0. The highest BCUT2D eigenvalue weighted by molar-refractivity contribution is 6.00. The molecule has 1 saturated carbocycles. The van der Waals surface area contributed by atoms with Gasteiger partial charge in [0.15, 0.2) is 0 Å². The summed E-state index contributed by atoms with van der Waals surface area (Å²) in [6.07, 6.45) is 3.49. The lowest BCUT2D eigenvalue weighted by atomic mass is 9.85. The lowest BCUT2D eigenvalue weighted by Gasteiger charge is -2.26. The average molecular weight is 342 g/mol. The number of carbonyl (C=O) groups is 2. The number of benzene rings is 1. The van der Waals surface area contributed by atoms with E-state index in [1.807, 2.05) is 0 Å². The summed E-state index contributed by atoms with van der Waals surface area (Å²) in [5.41, 5.74) is 7.04. The van der Waals surface area contributed by atoms with Crippen LogP contribution in [-0.4, -0.2) is 25.0 Å². The van der Waals surface area contributed by atoms with Gasteiger partial charge in [0, 0.05) is 24.9 Å². The minimum Gasteiger partial charge on any atom is -0.497 e. The first-order valence-electron chi connectivity index (χ1n) is 7.51. The molecule has 2 atom stereocenters. The number of carbonyl (C=O) groups excluding carboxylic acids is 2. The highest BCUT2D eigenvalue weighted by Gasteiger charge is 2.26. The predicted octanol–water partition coefficient (Wildman–Crippen LogP) is 2.53. The van der Waals surface area contributed by atoms with Crippen molar-refractivity contribution in [2.75, 3.05) is 17.7 Å². The number of nitrogens with one attached hydrogen (secondary N) is 2. The fourth-order valence-corrected chi connectivity index (χ4v) is 2.75. The first-order valence-corrected chi connectivity index (χ1v) is 7.51. The molecule has 2 unspecified atom stereocenters. The third-order valence-corrected chi connectivity index (χ3v) is 3.88. The van der Waals surface area contributed by atoms with E-state index in [1.54, 1.807) is 25.3 Å². The zero-order chi connectivity index (χ0) is 16.1. The number of nitrogens with two attached hydrogens (primary N) is 1. The summed E-state index contributed by atoms with van der Waals surface area (Å²) >= 11 is 0. The SMILES string of the molecule is COc1ccc(NC(C)=O)c(NC(=O)C2CCCC(N)C2)c1.Cl. The normalized spacial score (nSPS) is 20.1. The molecule has 1 aromatic rings. The van der Waals surface area contributed by atoms with Gasteiger partial charge in [-0.1, -0.05) is 6.42 Å². The van der Waals surface area contributed by atoms with Gasteiger partial charge in [0.05, 0.1) is 18.5 Å². The fourth-order valence-electron chi connectivity index (χ4n) is 2.75. The number of anilines is 2. The number of rotatable bonds is 4. The van der Waals surface area contributed by atoms with Gasteiger partial charge in [-0.2, -0.15) is 0 Å². The van der Waals surface area contributed by atoms with Crippen LogP contribution in [0.25, 0.3) is 0 Å². The van der Waals surface area contributed by atoms with Crippen molar-refractivity contribution < 1.29 is 14.3 Å². The summed E-state index contributed by atoms with van der Waals surface area (Å²) in [4.78, 5) is 23.7. The highest BCUT2D eigenvalue weighted by Crippen LogP contribution is 2.30. The first-order chi connectivity index (χ1) is 10.5. The minimum atomic E-state index is -0.194. The Hall–Kier alpha value is -1.79. The van der Waals surface area contributed by atoms with Gasteiger partial charge >= 0.3 is 0 Å². The van der Waals surface area contributed by atoms with Crippen molar-refractivity contribution in [3.05, 3.63) is 18.2 Å². The summed E-state index contributed by atoms with van der Waals surface area (Å²) in [6, 6.07) is 5.23. The van der Waals surface area contributed by atoms with Crippen LogP contribution in [-0.2, 0) is 9.59 Å². The van der Waals surface area contributed by atoms with E-state index in [1.165, 1.54) is 6.92 Å². The van der Waals surface area contributed by atoms with E-state index >= 15 is 0 Å². The van der Waals surface area contributed by atoms with Crippen LogP contribution in [0, 0.1) is 5.92 Å². The Kier molecular flexibility index (Phi) is 7.32. The lowest BCUT2D eigenvalue weighted by molar-refractivity contribution is -0.121. The van der Waals surface area contributed by atoms with Crippen LogP contribution in [0.15, 0.2) is 18.2 Å². The molecule has 23 heavy (non-hydrogen) atoms. The molecule has 1 aromatic carbocycles. The number of amides is 2. The van der Waals surface area contributed by atoms with Crippen LogP contribution in [0.5, 0.6) is 5.75 Å². The van der Waals surface area contributed by atoms with Crippen molar-refractivity contribution in [3.8, 4) is 5.75 Å². The largest absolute Gasteiger partial charge is 0.497 e. The summed E-state index contributed by atoms with van der Waals surface area (Å²) in [5, 5.41) is 5.60. The van der Waals surface area contributed by atoms with Crippen molar-refractivity contribution in [2.24, 2.45) is 11.7 Å². The van der Waals surface area contributed by atoms with Crippen LogP contribution < -0.4 is 21.1 Å². The van der Waals surface area contributed by atoms with E-state index in [-0.39, 0.29) is 36.2 Å². The van der Waals surface area contributed by atoms with Gasteiger partial charge in [-0.05, 0) is 31.4 Å². The van der Waals surface area contributed by atoms with Crippen molar-refractivity contribution in [1.29, 1.82) is 0 Å². The molecular weight excluding hydrogens is 318 g/mol. The Bertz CT molecular complexity index is 566. The van der Waals surface area contributed by atoms with E-state index in [0.29, 0.717) is 23.5 Å². The Morgan fingerprint density at radius 1 is 1.22 bits per heavy atom. The zero-order valence-corrected chi connectivity index (χ0v) is 14.2. The van der Waals surface area contributed by atoms with Crippen LogP contribution >= 0.6 is 12.4 Å². The van der Waals surface area contributed by atoms with Gasteiger partial charge < -0.3 is 21.1 Å². The Morgan fingerprint density at radius 3 is 2.57 bits per heavy atom. The topological polar surface area (TPSA) is 93.5 Å². The molecule has 0 aromatic heterocycles. The quantitative estimate of drug-likeness (QED) is 0.784. The third kappa shape index (κ3) is 5.41. The molecule has 0 radical (unpaired) electrons. The van der Waals surface area contributed by atoms with E-state index in [9.17, 15) is 9.59 Å². The predicted molar refractivity (Wildman–Crippen MR) is 93.1 cm³/mol. The molecule has 1 aliphatic carbocycles. The van der Waals surface area contributed by atoms with E-state index in [0.717, 1.165) is 19.3 Å². The third-order valence-electron chi connectivity index (χ3n) is 3.88. The molecule has 1 fully saturated rings. The molecule has 128 valence electrons. The Morgan fingerprint density at radius 2 is 1.96 bits per heavy atom. The van der Waals surface area contributed by atoms with Gasteiger partial charge in [0.25, 0.3) is 0 Å². The monoisotopic (exact) mass is 341 g/mol. The maximum Gasteiger partial charge on any atom is 0.227 e. The van der Waals surface area contributed by atoms with Crippen molar-refractivity contribution in [2.45, 2.75) is 38.6 Å². The maximum atomic E-state index is 12.4. The van der Waals surface area contributed by atoms with Gasteiger partial charge in [-0.25, -0.2) is 0 Å². The molecular formula is C16H24ClN3O3. The van der Waals surface area contributed by atoms with Crippen LogP contribution in [0.3, 0.4) is 0 Å². The molecule has 2 amide bonds. The van der Waals surface area contributed by atoms with Gasteiger partial charge in [0.1, 0.15) is 5.75 Å². The molecule has 6 nitrogen and oxygen atoms in total. The molecule has 0 bridgehead atoms. The molecule has 7 heteroatoms. The number of methoxy groups -OCH3 is 1. The van der Waals surface area contributed by atoms with E-state index in [2.05, 4.69) is 10.6 Å². The lowest BCUT2D eigenvalue weighted by Crippen LogP contribution is -2.34. The molecule has 1 aliphatic rings. The second-order valence-corrected chi connectivity index (χ2v) is 5.71. The van der Waals surface area contributed by atoms with Crippen LogP contribution in [0.4, 0.5) is 11.4 Å². The number of halogens is 1. The van der Waals surface area contributed by atoms with Crippen molar-refractivity contribution in [3.63, 3.8) is 0 Å². The van der Waals surface area contributed by atoms with Gasteiger partial charge in [-0.15, -0.1) is 12.4 Å². The summed E-state index contributed by atoms with van der Waals surface area (Å²) in [6.45, 7) is 1.43. The molecule has 0 aliphatic heterocycles. The highest BCUT2D eigenvalue weighted by atomic mass is 35.5. The van der Waals surface area contributed by atoms with Crippen molar-refractivity contribution in [1.82, 2.24) is 0 Å². The fraction of sp³-hybridized carbons (Fsp3) is 0.500. The zero-order valence-electron chi connectivity index (χ0n) is 13.4. The van der Waals surface area contributed by atoms with Crippen LogP contribution in [0.2, 0.25) is 0 Å². The second-order valence-electron chi connectivity index (χ2n) is 5.71. The Balaban J connectivity index is 0.00000264. The average Bonchev–Trinajstić information content (AvgIpc) is 2.48. The summed E-state index contributed by atoms with van der Waals surface area (Å²) in [7, 11) is 1.55. The van der Waals surface area contributed by atoms with Crippen LogP contribution in [0.1, 0.15) is 32.6 Å². The number of ether oxygens (including phenoxy) is 1. The summed E-state index contributed by atoms with van der Waals surface area (Å²) in [5.74, 6) is 0.278. The van der Waals surface area contributed by atoms with Crippen molar-refractivity contribution >= 4 is 35.6 Å². The maximum absolute atomic E-state index is 12.4.